The van der Waals surface area contributed by atoms with Crippen molar-refractivity contribution >= 4 is 5.91 Å². The SMILES string of the molecule is CN1CCN(C(=O)CN(CCC(F)(F)F)C2CCCC2)CC1. The molecule has 2 aliphatic rings. The zero-order chi connectivity index (χ0) is 16.2. The summed E-state index contributed by atoms with van der Waals surface area (Å²) in [6.07, 6.45) is -1.07. The summed E-state index contributed by atoms with van der Waals surface area (Å²) < 4.78 is 37.5. The Hall–Kier alpha value is -0.820. The van der Waals surface area contributed by atoms with E-state index in [1.165, 1.54) is 0 Å². The molecule has 1 aliphatic carbocycles. The molecule has 2 fully saturated rings. The maximum absolute atomic E-state index is 12.5. The number of carbonyl (C=O) groups is 1. The Balaban J connectivity index is 1.88. The van der Waals surface area contributed by atoms with Crippen LogP contribution in [0.25, 0.3) is 0 Å². The number of hydrogen-bond acceptors (Lipinski definition) is 3. The first-order valence-electron chi connectivity index (χ1n) is 8.12. The molecule has 0 aromatic carbocycles. The number of carbonyl (C=O) groups excluding carboxylic acids is 1. The van der Waals surface area contributed by atoms with Crippen LogP contribution >= 0.6 is 0 Å². The van der Waals surface area contributed by atoms with Crippen LogP contribution in [0.3, 0.4) is 0 Å². The molecular formula is C15H26F3N3O. The number of nitrogens with zero attached hydrogens (tertiary/aromatic N) is 3. The van der Waals surface area contributed by atoms with Crippen molar-refractivity contribution in [2.45, 2.75) is 44.3 Å². The van der Waals surface area contributed by atoms with E-state index in [9.17, 15) is 18.0 Å². The molecule has 4 nitrogen and oxygen atoms in total. The zero-order valence-corrected chi connectivity index (χ0v) is 13.2. The first-order chi connectivity index (χ1) is 10.3. The highest BCUT2D eigenvalue weighted by Crippen LogP contribution is 2.26. The summed E-state index contributed by atoms with van der Waals surface area (Å²) in [6, 6.07) is 0.138. The van der Waals surface area contributed by atoms with Crippen LogP contribution in [-0.4, -0.2) is 79.1 Å². The van der Waals surface area contributed by atoms with Gasteiger partial charge >= 0.3 is 6.18 Å². The van der Waals surface area contributed by atoms with Crippen molar-refractivity contribution in [2.24, 2.45) is 0 Å². The standard InChI is InChI=1S/C15H26F3N3O/c1-19-8-10-20(11-9-19)14(22)12-21(7-6-15(16,17)18)13-4-2-3-5-13/h13H,2-12H2,1H3. The van der Waals surface area contributed by atoms with Gasteiger partial charge in [0.1, 0.15) is 0 Å². The Morgan fingerprint density at radius 2 is 1.73 bits per heavy atom. The number of likely N-dealkylation sites (N-methyl/N-ethyl adjacent to an activating group) is 1. The number of amides is 1. The molecule has 0 bridgehead atoms. The maximum atomic E-state index is 12.5. The fraction of sp³-hybridized carbons (Fsp3) is 0.933. The minimum absolute atomic E-state index is 0.0258. The van der Waals surface area contributed by atoms with Gasteiger partial charge in [0.25, 0.3) is 0 Å². The third-order valence-electron chi connectivity index (χ3n) is 4.72. The summed E-state index contributed by atoms with van der Waals surface area (Å²) in [5.74, 6) is -0.0258. The highest BCUT2D eigenvalue weighted by atomic mass is 19.4. The van der Waals surface area contributed by atoms with Crippen LogP contribution in [0.15, 0.2) is 0 Å². The molecule has 22 heavy (non-hydrogen) atoms. The molecule has 1 saturated carbocycles. The lowest BCUT2D eigenvalue weighted by atomic mass is 10.2. The van der Waals surface area contributed by atoms with E-state index in [0.29, 0.717) is 13.1 Å². The third-order valence-corrected chi connectivity index (χ3v) is 4.72. The van der Waals surface area contributed by atoms with Gasteiger partial charge in [0.2, 0.25) is 5.91 Å². The van der Waals surface area contributed by atoms with Crippen molar-refractivity contribution in [2.75, 3.05) is 46.3 Å². The molecule has 1 amide bonds. The van der Waals surface area contributed by atoms with Crippen LogP contribution in [0.2, 0.25) is 0 Å². The molecule has 0 spiro atoms. The quantitative estimate of drug-likeness (QED) is 0.774. The minimum atomic E-state index is -4.16. The van der Waals surface area contributed by atoms with Gasteiger partial charge in [0.05, 0.1) is 13.0 Å². The first kappa shape index (κ1) is 17.5. The van der Waals surface area contributed by atoms with E-state index in [2.05, 4.69) is 4.90 Å². The monoisotopic (exact) mass is 321 g/mol. The largest absolute Gasteiger partial charge is 0.390 e. The third kappa shape index (κ3) is 5.43. The van der Waals surface area contributed by atoms with Gasteiger partial charge in [-0.25, -0.2) is 0 Å². The van der Waals surface area contributed by atoms with Crippen LogP contribution < -0.4 is 0 Å². The van der Waals surface area contributed by atoms with Crippen LogP contribution in [0.5, 0.6) is 0 Å². The number of rotatable bonds is 5. The molecular weight excluding hydrogens is 295 g/mol. The first-order valence-corrected chi connectivity index (χ1v) is 8.12. The minimum Gasteiger partial charge on any atom is -0.339 e. The van der Waals surface area contributed by atoms with E-state index in [1.807, 2.05) is 7.05 Å². The molecule has 2 rings (SSSR count). The van der Waals surface area contributed by atoms with E-state index < -0.39 is 12.6 Å². The summed E-state index contributed by atoms with van der Waals surface area (Å²) in [5.41, 5.74) is 0. The zero-order valence-electron chi connectivity index (χ0n) is 13.2. The molecule has 1 aliphatic heterocycles. The summed E-state index contributed by atoms with van der Waals surface area (Å²) in [4.78, 5) is 18.1. The molecule has 0 aromatic heterocycles. The van der Waals surface area contributed by atoms with Crippen molar-refractivity contribution in [3.05, 3.63) is 0 Å². The van der Waals surface area contributed by atoms with Gasteiger partial charge in [-0.1, -0.05) is 12.8 Å². The molecule has 7 heteroatoms. The van der Waals surface area contributed by atoms with Gasteiger partial charge in [0, 0.05) is 38.8 Å². The smallest absolute Gasteiger partial charge is 0.339 e. The van der Waals surface area contributed by atoms with Crippen molar-refractivity contribution in [1.29, 1.82) is 0 Å². The summed E-state index contributed by atoms with van der Waals surface area (Å²) in [7, 11) is 2.01. The molecule has 0 aromatic rings. The van der Waals surface area contributed by atoms with Gasteiger partial charge in [0.15, 0.2) is 0 Å². The second-order valence-corrected chi connectivity index (χ2v) is 6.46. The average molecular weight is 321 g/mol. The molecule has 0 atom stereocenters. The molecule has 0 radical (unpaired) electrons. The second kappa shape index (κ2) is 7.64. The van der Waals surface area contributed by atoms with Crippen molar-refractivity contribution < 1.29 is 18.0 Å². The lowest BCUT2D eigenvalue weighted by Crippen LogP contribution is -2.51. The number of hydrogen-bond donors (Lipinski definition) is 0. The Morgan fingerprint density at radius 3 is 2.27 bits per heavy atom. The van der Waals surface area contributed by atoms with Crippen molar-refractivity contribution in [3.8, 4) is 0 Å². The summed E-state index contributed by atoms with van der Waals surface area (Å²) >= 11 is 0. The van der Waals surface area contributed by atoms with Gasteiger partial charge in [-0.15, -0.1) is 0 Å². The van der Waals surface area contributed by atoms with E-state index in [1.54, 1.807) is 9.80 Å². The van der Waals surface area contributed by atoms with Gasteiger partial charge < -0.3 is 9.80 Å². The predicted octanol–water partition coefficient (Wildman–Crippen LogP) is 1.96. The normalized spacial score (nSPS) is 21.8. The Bertz CT molecular complexity index is 362. The van der Waals surface area contributed by atoms with Gasteiger partial charge in [-0.3, -0.25) is 9.69 Å². The highest BCUT2D eigenvalue weighted by molar-refractivity contribution is 5.78. The van der Waals surface area contributed by atoms with Crippen molar-refractivity contribution in [1.82, 2.24) is 14.7 Å². The number of piperazine rings is 1. The second-order valence-electron chi connectivity index (χ2n) is 6.46. The predicted molar refractivity (Wildman–Crippen MR) is 78.6 cm³/mol. The molecule has 0 unspecified atom stereocenters. The van der Waals surface area contributed by atoms with E-state index in [0.717, 1.165) is 38.8 Å². The molecule has 128 valence electrons. The fourth-order valence-electron chi connectivity index (χ4n) is 3.26. The highest BCUT2D eigenvalue weighted by Gasteiger charge is 2.32. The van der Waals surface area contributed by atoms with Crippen LogP contribution in [-0.2, 0) is 4.79 Å². The van der Waals surface area contributed by atoms with Gasteiger partial charge in [-0.2, -0.15) is 13.2 Å². The van der Waals surface area contributed by atoms with Gasteiger partial charge in [-0.05, 0) is 19.9 Å². The van der Waals surface area contributed by atoms with E-state index in [4.69, 9.17) is 0 Å². The van der Waals surface area contributed by atoms with E-state index in [-0.39, 0.29) is 25.0 Å². The van der Waals surface area contributed by atoms with Crippen LogP contribution in [0, 0.1) is 0 Å². The topological polar surface area (TPSA) is 26.8 Å². The van der Waals surface area contributed by atoms with Crippen LogP contribution in [0.4, 0.5) is 13.2 Å². The Morgan fingerprint density at radius 1 is 1.14 bits per heavy atom. The number of halogens is 3. The van der Waals surface area contributed by atoms with Crippen molar-refractivity contribution in [3.63, 3.8) is 0 Å². The summed E-state index contributed by atoms with van der Waals surface area (Å²) in [6.45, 7) is 3.08. The number of alkyl halides is 3. The van der Waals surface area contributed by atoms with Crippen LogP contribution in [0.1, 0.15) is 32.1 Å². The Kier molecular flexibility index (Phi) is 6.09. The molecule has 1 saturated heterocycles. The average Bonchev–Trinajstić information content (AvgIpc) is 2.97. The molecule has 0 N–H and O–H groups in total. The summed E-state index contributed by atoms with van der Waals surface area (Å²) in [5, 5.41) is 0. The fourth-order valence-corrected chi connectivity index (χ4v) is 3.26. The molecule has 1 heterocycles. The van der Waals surface area contributed by atoms with E-state index >= 15 is 0 Å². The lowest BCUT2D eigenvalue weighted by Gasteiger charge is -2.35. The maximum Gasteiger partial charge on any atom is 0.390 e. The lowest BCUT2D eigenvalue weighted by molar-refractivity contribution is -0.144. The Labute approximate surface area is 130 Å².